The van der Waals surface area contributed by atoms with E-state index in [9.17, 15) is 5.11 Å². The van der Waals surface area contributed by atoms with E-state index in [2.05, 4.69) is 22.5 Å². The van der Waals surface area contributed by atoms with Crippen molar-refractivity contribution >= 4 is 5.96 Å². The summed E-state index contributed by atoms with van der Waals surface area (Å²) in [6, 6.07) is 0.426. The van der Waals surface area contributed by atoms with Gasteiger partial charge >= 0.3 is 0 Å². The van der Waals surface area contributed by atoms with Gasteiger partial charge in [-0.05, 0) is 52.0 Å². The molecule has 3 aliphatic rings. The lowest BCUT2D eigenvalue weighted by Gasteiger charge is -2.29. The third kappa shape index (κ3) is 4.81. The first-order chi connectivity index (χ1) is 11.2. The molecule has 132 valence electrons. The predicted molar refractivity (Wildman–Crippen MR) is 91.7 cm³/mol. The van der Waals surface area contributed by atoms with Gasteiger partial charge in [-0.25, -0.2) is 0 Å². The van der Waals surface area contributed by atoms with Gasteiger partial charge in [-0.1, -0.05) is 0 Å². The van der Waals surface area contributed by atoms with Crippen LogP contribution in [0.25, 0.3) is 0 Å². The number of nitrogens with one attached hydrogen (secondary N) is 2. The van der Waals surface area contributed by atoms with E-state index in [1.54, 1.807) is 0 Å². The average molecular weight is 324 g/mol. The zero-order chi connectivity index (χ0) is 16.1. The van der Waals surface area contributed by atoms with E-state index in [4.69, 9.17) is 9.73 Å². The topological polar surface area (TPSA) is 69.1 Å². The number of aliphatic imine (C=N–C) groups is 1. The molecule has 0 saturated carbocycles. The number of hydrogen-bond acceptors (Lipinski definition) is 4. The van der Waals surface area contributed by atoms with Crippen LogP contribution in [0.4, 0.5) is 0 Å². The maximum atomic E-state index is 9.54. The van der Waals surface area contributed by atoms with Gasteiger partial charge in [0.1, 0.15) is 0 Å². The maximum Gasteiger partial charge on any atom is 0.191 e. The average Bonchev–Trinajstić information content (AvgIpc) is 3.16. The Labute approximate surface area is 139 Å². The zero-order valence-electron chi connectivity index (χ0n) is 14.3. The number of ether oxygens (including phenoxy) is 1. The molecule has 3 fully saturated rings. The highest BCUT2D eigenvalue weighted by molar-refractivity contribution is 5.80. The summed E-state index contributed by atoms with van der Waals surface area (Å²) in [7, 11) is 0. The van der Waals surface area contributed by atoms with Gasteiger partial charge in [-0.3, -0.25) is 4.99 Å². The van der Waals surface area contributed by atoms with E-state index in [-0.39, 0.29) is 6.10 Å². The van der Waals surface area contributed by atoms with Gasteiger partial charge in [-0.15, -0.1) is 0 Å². The number of fused-ring (bicyclic) bond motifs is 2. The van der Waals surface area contributed by atoms with Crippen LogP contribution in [0, 0.1) is 0 Å². The van der Waals surface area contributed by atoms with Crippen LogP contribution in [0.3, 0.4) is 0 Å². The Morgan fingerprint density at radius 1 is 1.26 bits per heavy atom. The standard InChI is InChI=1S/C17H32N4O2/c1-2-18-17(20-15-12-14-4-5-16(15)23-14)19-8-3-9-21-10-6-13(22)7-11-21/h13-16,22H,2-12H2,1H3,(H2,18,19,20). The number of likely N-dealkylation sites (tertiary alicyclic amines) is 1. The number of aliphatic hydroxyl groups is 1. The van der Waals surface area contributed by atoms with Crippen LogP contribution >= 0.6 is 0 Å². The minimum absolute atomic E-state index is 0.0854. The molecule has 0 radical (unpaired) electrons. The van der Waals surface area contributed by atoms with Crippen LogP contribution in [0.15, 0.2) is 4.99 Å². The van der Waals surface area contributed by atoms with E-state index < -0.39 is 0 Å². The van der Waals surface area contributed by atoms with Crippen LogP contribution in [-0.2, 0) is 4.74 Å². The minimum atomic E-state index is -0.0854. The quantitative estimate of drug-likeness (QED) is 0.381. The highest BCUT2D eigenvalue weighted by atomic mass is 16.5. The van der Waals surface area contributed by atoms with Crippen LogP contribution in [-0.4, -0.2) is 73.0 Å². The Kier molecular flexibility index (Phi) is 6.14. The molecule has 3 aliphatic heterocycles. The highest BCUT2D eigenvalue weighted by Gasteiger charge is 2.41. The van der Waals surface area contributed by atoms with Crippen LogP contribution in [0.2, 0.25) is 0 Å². The van der Waals surface area contributed by atoms with Crippen molar-refractivity contribution in [3.05, 3.63) is 0 Å². The maximum absolute atomic E-state index is 9.54. The molecule has 3 atom stereocenters. The summed E-state index contributed by atoms with van der Waals surface area (Å²) >= 11 is 0. The second kappa shape index (κ2) is 8.31. The molecular formula is C17H32N4O2. The van der Waals surface area contributed by atoms with Crippen molar-refractivity contribution in [1.82, 2.24) is 15.5 Å². The smallest absolute Gasteiger partial charge is 0.191 e. The van der Waals surface area contributed by atoms with Crippen LogP contribution in [0.1, 0.15) is 45.4 Å². The molecule has 6 nitrogen and oxygen atoms in total. The summed E-state index contributed by atoms with van der Waals surface area (Å²) in [5, 5.41) is 16.4. The Morgan fingerprint density at radius 2 is 2.09 bits per heavy atom. The monoisotopic (exact) mass is 324 g/mol. The molecule has 2 bridgehead atoms. The Morgan fingerprint density at radius 3 is 2.74 bits per heavy atom. The number of nitrogens with zero attached hydrogens (tertiary/aromatic N) is 2. The molecule has 0 aliphatic carbocycles. The summed E-state index contributed by atoms with van der Waals surface area (Å²) in [4.78, 5) is 7.16. The number of hydrogen-bond donors (Lipinski definition) is 3. The van der Waals surface area contributed by atoms with E-state index in [0.29, 0.717) is 18.2 Å². The first kappa shape index (κ1) is 17.0. The Hall–Kier alpha value is -0.850. The molecule has 6 heteroatoms. The van der Waals surface area contributed by atoms with Crippen molar-refractivity contribution in [2.75, 3.05) is 32.7 Å². The lowest BCUT2D eigenvalue weighted by Crippen LogP contribution is -2.47. The largest absolute Gasteiger partial charge is 0.393 e. The van der Waals surface area contributed by atoms with Gasteiger partial charge in [0, 0.05) is 26.2 Å². The molecular weight excluding hydrogens is 292 g/mol. The Balaban J connectivity index is 1.38. The lowest BCUT2D eigenvalue weighted by atomic mass is 9.96. The van der Waals surface area contributed by atoms with Crippen molar-refractivity contribution in [1.29, 1.82) is 0 Å². The molecule has 3 saturated heterocycles. The van der Waals surface area contributed by atoms with Crippen molar-refractivity contribution < 1.29 is 9.84 Å². The van der Waals surface area contributed by atoms with Gasteiger partial charge in [-0.2, -0.15) is 0 Å². The first-order valence-electron chi connectivity index (χ1n) is 9.35. The molecule has 0 aromatic rings. The summed E-state index contributed by atoms with van der Waals surface area (Å²) < 4.78 is 5.91. The van der Waals surface area contributed by atoms with Gasteiger partial charge < -0.3 is 25.4 Å². The van der Waals surface area contributed by atoms with Crippen LogP contribution < -0.4 is 10.6 Å². The third-order valence-electron chi connectivity index (χ3n) is 5.23. The van der Waals surface area contributed by atoms with E-state index in [1.807, 2.05) is 0 Å². The molecule has 3 N–H and O–H groups in total. The second-order valence-corrected chi connectivity index (χ2v) is 7.05. The molecule has 3 rings (SSSR count). The predicted octanol–water partition coefficient (Wildman–Crippen LogP) is 0.708. The zero-order valence-corrected chi connectivity index (χ0v) is 14.3. The minimum Gasteiger partial charge on any atom is -0.393 e. The molecule has 0 aromatic heterocycles. The SMILES string of the molecule is CCNC(=NCCCN1CCC(O)CC1)NC1CC2CCC1O2. The van der Waals surface area contributed by atoms with Crippen molar-refractivity contribution in [2.45, 2.75) is 69.8 Å². The fourth-order valence-corrected chi connectivity index (χ4v) is 3.91. The molecule has 3 unspecified atom stereocenters. The lowest BCUT2D eigenvalue weighted by molar-refractivity contribution is 0.0824. The number of rotatable bonds is 6. The van der Waals surface area contributed by atoms with E-state index in [0.717, 1.165) is 64.4 Å². The van der Waals surface area contributed by atoms with Crippen molar-refractivity contribution in [3.8, 4) is 0 Å². The van der Waals surface area contributed by atoms with Gasteiger partial charge in [0.25, 0.3) is 0 Å². The number of guanidine groups is 1. The molecule has 23 heavy (non-hydrogen) atoms. The van der Waals surface area contributed by atoms with Gasteiger partial charge in [0.2, 0.25) is 0 Å². The Bertz CT molecular complexity index is 396. The fraction of sp³-hybridized carbons (Fsp3) is 0.941. The molecule has 0 aromatic carbocycles. The second-order valence-electron chi connectivity index (χ2n) is 7.05. The van der Waals surface area contributed by atoms with E-state index in [1.165, 1.54) is 12.8 Å². The summed E-state index contributed by atoms with van der Waals surface area (Å²) in [5.41, 5.74) is 0. The summed E-state index contributed by atoms with van der Waals surface area (Å²) in [6.45, 7) is 6.95. The highest BCUT2D eigenvalue weighted by Crippen LogP contribution is 2.34. The van der Waals surface area contributed by atoms with Crippen molar-refractivity contribution in [3.63, 3.8) is 0 Å². The molecule has 0 spiro atoms. The van der Waals surface area contributed by atoms with Crippen molar-refractivity contribution in [2.24, 2.45) is 4.99 Å². The normalized spacial score (nSPS) is 32.4. The van der Waals surface area contributed by atoms with Gasteiger partial charge in [0.05, 0.1) is 24.4 Å². The summed E-state index contributed by atoms with van der Waals surface area (Å²) in [6.07, 6.45) is 7.18. The van der Waals surface area contributed by atoms with Gasteiger partial charge in [0.15, 0.2) is 5.96 Å². The summed E-state index contributed by atoms with van der Waals surface area (Å²) in [5.74, 6) is 0.933. The number of piperidine rings is 1. The molecule has 0 amide bonds. The fourth-order valence-electron chi connectivity index (χ4n) is 3.91. The van der Waals surface area contributed by atoms with E-state index >= 15 is 0 Å². The first-order valence-corrected chi connectivity index (χ1v) is 9.35. The number of aliphatic hydroxyl groups excluding tert-OH is 1. The van der Waals surface area contributed by atoms with Crippen LogP contribution in [0.5, 0.6) is 0 Å². The third-order valence-corrected chi connectivity index (χ3v) is 5.23. The molecule has 3 heterocycles.